The fraction of sp³-hybridized carbons (Fsp3) is 0.250. The summed E-state index contributed by atoms with van der Waals surface area (Å²) >= 11 is 3.58. The highest BCUT2D eigenvalue weighted by molar-refractivity contribution is 9.10. The molecular weight excluding hydrogens is 604 g/mol. The second-order valence-electron chi connectivity index (χ2n) is 11.7. The molecule has 6 nitrogen and oxygen atoms in total. The Kier molecular flexibility index (Phi) is 8.39. The number of hydrogen-bond donors (Lipinski definition) is 3. The molecule has 0 saturated carbocycles. The van der Waals surface area contributed by atoms with Crippen LogP contribution in [0.25, 0.3) is 11.6 Å². The van der Waals surface area contributed by atoms with Gasteiger partial charge in [-0.2, -0.15) is 0 Å². The standard InChI is InChI=1S/C36H35BrN2O4/c1-36(2)21-30(28-20-25(37)16-17-34(28)43-36)38-22-31(40)29(18-23-10-4-3-5-11-23)39-35(41)27-19-24-12-6-8-14-32(24)42-33-15-9-7-13-26(27)33/h3-17,19-20,29-31,38,40H,18,21-22H2,1-2H3,(H,39,41)/t29-,30?,31+/m0/s1. The van der Waals surface area contributed by atoms with Crippen LogP contribution in [0.1, 0.15) is 48.6 Å². The molecule has 43 heavy (non-hydrogen) atoms. The molecule has 3 N–H and O–H groups in total. The molecule has 2 aliphatic heterocycles. The summed E-state index contributed by atoms with van der Waals surface area (Å²) < 4.78 is 13.4. The molecule has 6 rings (SSSR count). The number of aliphatic hydroxyl groups is 1. The van der Waals surface area contributed by atoms with Crippen LogP contribution >= 0.6 is 15.9 Å². The SMILES string of the molecule is CC1(C)CC(NC[C@@H](O)[C@H](Cc2ccccc2)NC(=O)C2=Cc3ccccc3Oc3ccccc32)c2cc(Br)ccc2O1. The first-order valence-corrected chi connectivity index (χ1v) is 15.4. The minimum absolute atomic E-state index is 0.0240. The predicted octanol–water partition coefficient (Wildman–Crippen LogP) is 7.08. The molecule has 0 saturated heterocycles. The van der Waals surface area contributed by atoms with Gasteiger partial charge in [-0.25, -0.2) is 0 Å². The van der Waals surface area contributed by atoms with Gasteiger partial charge in [0.05, 0.1) is 17.7 Å². The second-order valence-corrected chi connectivity index (χ2v) is 12.7. The number of hydrogen-bond acceptors (Lipinski definition) is 5. The smallest absolute Gasteiger partial charge is 0.252 e. The van der Waals surface area contributed by atoms with Gasteiger partial charge < -0.3 is 25.2 Å². The Balaban J connectivity index is 1.26. The lowest BCUT2D eigenvalue weighted by atomic mass is 9.89. The van der Waals surface area contributed by atoms with Crippen molar-refractivity contribution in [1.29, 1.82) is 0 Å². The number of fused-ring (bicyclic) bond motifs is 3. The van der Waals surface area contributed by atoms with Crippen molar-refractivity contribution in [2.75, 3.05) is 6.54 Å². The fourth-order valence-electron chi connectivity index (χ4n) is 5.82. The largest absolute Gasteiger partial charge is 0.487 e. The number of ether oxygens (including phenoxy) is 2. The van der Waals surface area contributed by atoms with E-state index in [2.05, 4.69) is 46.5 Å². The van der Waals surface area contributed by atoms with E-state index in [0.717, 1.165) is 33.3 Å². The van der Waals surface area contributed by atoms with Crippen LogP contribution in [0.3, 0.4) is 0 Å². The maximum Gasteiger partial charge on any atom is 0.252 e. The highest BCUT2D eigenvalue weighted by Gasteiger charge is 2.35. The number of carbonyl (C=O) groups excluding carboxylic acids is 1. The number of rotatable bonds is 8. The summed E-state index contributed by atoms with van der Waals surface area (Å²) in [6.45, 7) is 4.43. The minimum Gasteiger partial charge on any atom is -0.487 e. The van der Waals surface area contributed by atoms with Crippen LogP contribution in [0.4, 0.5) is 0 Å². The van der Waals surface area contributed by atoms with Gasteiger partial charge in [0.25, 0.3) is 5.91 Å². The normalized spacial score (nSPS) is 17.9. The van der Waals surface area contributed by atoms with E-state index in [1.165, 1.54) is 0 Å². The van der Waals surface area contributed by atoms with Crippen molar-refractivity contribution in [2.45, 2.75) is 50.5 Å². The third kappa shape index (κ3) is 6.69. The molecule has 2 aliphatic rings. The number of benzene rings is 4. The number of nitrogens with one attached hydrogen (secondary N) is 2. The number of halogens is 1. The number of para-hydroxylation sites is 2. The van der Waals surface area contributed by atoms with Crippen molar-refractivity contribution in [2.24, 2.45) is 0 Å². The van der Waals surface area contributed by atoms with Crippen molar-refractivity contribution in [3.05, 3.63) is 124 Å². The summed E-state index contributed by atoms with van der Waals surface area (Å²) in [5, 5.41) is 18.4. The predicted molar refractivity (Wildman–Crippen MR) is 173 cm³/mol. The van der Waals surface area contributed by atoms with Crippen molar-refractivity contribution in [3.63, 3.8) is 0 Å². The summed E-state index contributed by atoms with van der Waals surface area (Å²) in [6.07, 6.45) is 2.20. The van der Waals surface area contributed by atoms with Gasteiger partial charge in [-0.15, -0.1) is 0 Å². The molecule has 0 spiro atoms. The third-order valence-corrected chi connectivity index (χ3v) is 8.44. The van der Waals surface area contributed by atoms with E-state index in [4.69, 9.17) is 9.47 Å². The van der Waals surface area contributed by atoms with Gasteiger partial charge in [0, 0.05) is 40.2 Å². The highest BCUT2D eigenvalue weighted by Crippen LogP contribution is 2.41. The summed E-state index contributed by atoms with van der Waals surface area (Å²) in [5.41, 5.74) is 3.72. The topological polar surface area (TPSA) is 79.8 Å². The molecule has 0 aliphatic carbocycles. The molecule has 0 aromatic heterocycles. The van der Waals surface area contributed by atoms with E-state index < -0.39 is 12.1 Å². The lowest BCUT2D eigenvalue weighted by molar-refractivity contribution is -0.117. The quantitative estimate of drug-likeness (QED) is 0.192. The van der Waals surface area contributed by atoms with Crippen LogP contribution < -0.4 is 20.1 Å². The van der Waals surface area contributed by atoms with Crippen molar-refractivity contribution in [1.82, 2.24) is 10.6 Å². The first kappa shape index (κ1) is 29.2. The van der Waals surface area contributed by atoms with Gasteiger partial charge >= 0.3 is 0 Å². The van der Waals surface area contributed by atoms with Gasteiger partial charge in [-0.05, 0) is 62.2 Å². The van der Waals surface area contributed by atoms with E-state index in [9.17, 15) is 9.90 Å². The van der Waals surface area contributed by atoms with Crippen LogP contribution in [0.5, 0.6) is 17.2 Å². The van der Waals surface area contributed by atoms with Gasteiger partial charge in [0.15, 0.2) is 0 Å². The molecular formula is C36H35BrN2O4. The van der Waals surface area contributed by atoms with Gasteiger partial charge in [-0.3, -0.25) is 4.79 Å². The van der Waals surface area contributed by atoms with Crippen LogP contribution in [0, 0.1) is 0 Å². The lowest BCUT2D eigenvalue weighted by Crippen LogP contribution is -2.50. The maximum absolute atomic E-state index is 14.0. The summed E-state index contributed by atoms with van der Waals surface area (Å²) in [7, 11) is 0. The Labute approximate surface area is 260 Å². The third-order valence-electron chi connectivity index (χ3n) is 7.94. The van der Waals surface area contributed by atoms with Gasteiger partial charge in [0.2, 0.25) is 0 Å². The second kappa shape index (κ2) is 12.4. The molecule has 1 amide bonds. The van der Waals surface area contributed by atoms with E-state index in [-0.39, 0.29) is 24.1 Å². The molecule has 1 unspecified atom stereocenters. The molecule has 0 radical (unpaired) electrons. The Bertz CT molecular complexity index is 1650. The van der Waals surface area contributed by atoms with Crippen molar-refractivity contribution in [3.8, 4) is 17.2 Å². The van der Waals surface area contributed by atoms with Gasteiger partial charge in [-0.1, -0.05) is 82.7 Å². The van der Waals surface area contributed by atoms with Crippen LogP contribution in [-0.4, -0.2) is 35.3 Å². The molecule has 0 bridgehead atoms. The van der Waals surface area contributed by atoms with Crippen LogP contribution in [-0.2, 0) is 11.2 Å². The first-order valence-electron chi connectivity index (χ1n) is 14.6. The van der Waals surface area contributed by atoms with E-state index >= 15 is 0 Å². The number of aliphatic hydroxyl groups excluding tert-OH is 1. The average Bonchev–Trinajstić information content (AvgIpc) is 3.17. The Morgan fingerprint density at radius 2 is 1.67 bits per heavy atom. The molecule has 0 fully saturated rings. The molecule has 4 aromatic rings. The zero-order chi connectivity index (χ0) is 30.0. The van der Waals surface area contributed by atoms with Gasteiger partial charge in [0.1, 0.15) is 22.8 Å². The maximum atomic E-state index is 14.0. The number of amides is 1. The zero-order valence-corrected chi connectivity index (χ0v) is 25.8. The summed E-state index contributed by atoms with van der Waals surface area (Å²) in [6, 6.07) is 30.6. The fourth-order valence-corrected chi connectivity index (χ4v) is 6.20. The monoisotopic (exact) mass is 638 g/mol. The van der Waals surface area contributed by atoms with Crippen molar-refractivity contribution < 1.29 is 19.4 Å². The molecule has 4 aromatic carbocycles. The van der Waals surface area contributed by atoms with E-state index in [1.807, 2.05) is 97.1 Å². The highest BCUT2D eigenvalue weighted by atomic mass is 79.9. The molecule has 7 heteroatoms. The minimum atomic E-state index is -0.865. The van der Waals surface area contributed by atoms with E-state index in [0.29, 0.717) is 29.1 Å². The Hall–Kier alpha value is -3.91. The molecule has 220 valence electrons. The summed E-state index contributed by atoms with van der Waals surface area (Å²) in [5.74, 6) is 1.87. The van der Waals surface area contributed by atoms with Crippen molar-refractivity contribution >= 4 is 33.5 Å². The number of carbonyl (C=O) groups is 1. The Morgan fingerprint density at radius 1 is 0.953 bits per heavy atom. The summed E-state index contributed by atoms with van der Waals surface area (Å²) in [4.78, 5) is 14.0. The molecule has 2 heterocycles. The lowest BCUT2D eigenvalue weighted by Gasteiger charge is -2.38. The Morgan fingerprint density at radius 3 is 2.49 bits per heavy atom. The zero-order valence-electron chi connectivity index (χ0n) is 24.2. The van der Waals surface area contributed by atoms with Crippen LogP contribution in [0.15, 0.2) is 102 Å². The first-order chi connectivity index (χ1) is 20.8. The van der Waals surface area contributed by atoms with E-state index in [1.54, 1.807) is 0 Å². The van der Waals surface area contributed by atoms with Crippen LogP contribution in [0.2, 0.25) is 0 Å². The molecule has 3 atom stereocenters. The average molecular weight is 640 g/mol.